The van der Waals surface area contributed by atoms with Crippen LogP contribution >= 0.6 is 15.9 Å². The normalized spacial score (nSPS) is 28.6. The summed E-state index contributed by atoms with van der Waals surface area (Å²) in [5.74, 6) is -0.475. The molecule has 0 saturated heterocycles. The molecule has 0 bridgehead atoms. The fourth-order valence-corrected chi connectivity index (χ4v) is 2.05. The molecule has 1 saturated carbocycles. The standard InChI is InChI=1S/C9H13BrO3/c1-2-13-8(12)9(10)6-4-3-5-7(9)11/h2-6H2,1H3/t9-/m1/s1. The van der Waals surface area contributed by atoms with Crippen LogP contribution in [0.5, 0.6) is 0 Å². The zero-order valence-electron chi connectivity index (χ0n) is 7.64. The number of rotatable bonds is 2. The molecule has 0 unspecified atom stereocenters. The molecule has 1 atom stereocenters. The Hall–Kier alpha value is -0.380. The third kappa shape index (κ3) is 2.10. The van der Waals surface area contributed by atoms with Crippen LogP contribution in [-0.4, -0.2) is 22.7 Å². The number of carbonyl (C=O) groups is 2. The molecule has 0 spiro atoms. The number of halogens is 1. The van der Waals surface area contributed by atoms with E-state index >= 15 is 0 Å². The van der Waals surface area contributed by atoms with Crippen LogP contribution in [0.25, 0.3) is 0 Å². The molecule has 0 heterocycles. The highest BCUT2D eigenvalue weighted by Gasteiger charge is 2.45. The second kappa shape index (κ2) is 4.22. The molecule has 1 rings (SSSR count). The van der Waals surface area contributed by atoms with Crippen molar-refractivity contribution in [2.75, 3.05) is 6.61 Å². The van der Waals surface area contributed by atoms with Gasteiger partial charge in [-0.15, -0.1) is 0 Å². The first-order valence-electron chi connectivity index (χ1n) is 4.50. The Kier molecular flexibility index (Phi) is 3.47. The number of ketones is 1. The Bertz CT molecular complexity index is 227. The second-order valence-electron chi connectivity index (χ2n) is 3.15. The van der Waals surface area contributed by atoms with E-state index in [0.717, 1.165) is 12.8 Å². The van der Waals surface area contributed by atoms with Gasteiger partial charge in [0.05, 0.1) is 6.61 Å². The molecule has 1 fully saturated rings. The maximum Gasteiger partial charge on any atom is 0.330 e. The number of hydrogen-bond acceptors (Lipinski definition) is 3. The lowest BCUT2D eigenvalue weighted by Gasteiger charge is -2.27. The topological polar surface area (TPSA) is 43.4 Å². The van der Waals surface area contributed by atoms with Crippen molar-refractivity contribution in [2.24, 2.45) is 0 Å². The fraction of sp³-hybridized carbons (Fsp3) is 0.778. The maximum absolute atomic E-state index is 11.5. The Morgan fingerprint density at radius 2 is 2.31 bits per heavy atom. The molecule has 4 heteroatoms. The molecule has 0 radical (unpaired) electrons. The van der Waals surface area contributed by atoms with Crippen LogP contribution < -0.4 is 0 Å². The van der Waals surface area contributed by atoms with Crippen LogP contribution in [0.15, 0.2) is 0 Å². The lowest BCUT2D eigenvalue weighted by Crippen LogP contribution is -2.44. The van der Waals surface area contributed by atoms with Gasteiger partial charge < -0.3 is 4.74 Å². The van der Waals surface area contributed by atoms with Crippen LogP contribution in [0.4, 0.5) is 0 Å². The number of hydrogen-bond donors (Lipinski definition) is 0. The molecule has 0 aromatic heterocycles. The summed E-state index contributed by atoms with van der Waals surface area (Å²) in [7, 11) is 0. The van der Waals surface area contributed by atoms with E-state index in [1.54, 1.807) is 6.92 Å². The van der Waals surface area contributed by atoms with Crippen molar-refractivity contribution in [3.8, 4) is 0 Å². The molecule has 13 heavy (non-hydrogen) atoms. The van der Waals surface area contributed by atoms with Crippen LogP contribution in [0.3, 0.4) is 0 Å². The third-order valence-corrected chi connectivity index (χ3v) is 3.38. The number of carbonyl (C=O) groups excluding carboxylic acids is 2. The Balaban J connectivity index is 2.71. The molecule has 0 amide bonds. The monoisotopic (exact) mass is 248 g/mol. The molecule has 3 nitrogen and oxygen atoms in total. The molecule has 1 aliphatic rings. The van der Waals surface area contributed by atoms with Gasteiger partial charge in [0.25, 0.3) is 0 Å². The number of Topliss-reactive ketones (excluding diaryl/α,β-unsaturated/α-hetero) is 1. The number of alkyl halides is 1. The largest absolute Gasteiger partial charge is 0.465 e. The van der Waals surface area contributed by atoms with Gasteiger partial charge in [-0.1, -0.05) is 22.4 Å². The highest BCUT2D eigenvalue weighted by molar-refractivity contribution is 9.10. The Morgan fingerprint density at radius 1 is 1.62 bits per heavy atom. The molecule has 0 aliphatic heterocycles. The molecule has 0 aromatic carbocycles. The van der Waals surface area contributed by atoms with Crippen molar-refractivity contribution in [3.63, 3.8) is 0 Å². The van der Waals surface area contributed by atoms with Gasteiger partial charge in [-0.2, -0.15) is 0 Å². The Morgan fingerprint density at radius 3 is 2.85 bits per heavy atom. The van der Waals surface area contributed by atoms with Crippen LogP contribution in [0.1, 0.15) is 32.6 Å². The summed E-state index contributed by atoms with van der Waals surface area (Å²) in [6.45, 7) is 2.06. The lowest BCUT2D eigenvalue weighted by atomic mass is 9.88. The van der Waals surface area contributed by atoms with Gasteiger partial charge in [0.15, 0.2) is 10.1 Å². The lowest BCUT2D eigenvalue weighted by molar-refractivity contribution is -0.149. The SMILES string of the molecule is CCOC(=O)[C@@]1(Br)CCCCC1=O. The minimum atomic E-state index is -1.04. The van der Waals surface area contributed by atoms with Crippen molar-refractivity contribution >= 4 is 27.7 Å². The third-order valence-electron chi connectivity index (χ3n) is 2.22. The first kappa shape index (κ1) is 10.7. The van der Waals surface area contributed by atoms with E-state index < -0.39 is 10.3 Å². The average molecular weight is 249 g/mol. The predicted molar refractivity (Wildman–Crippen MR) is 51.8 cm³/mol. The van der Waals surface area contributed by atoms with Gasteiger partial charge in [0.2, 0.25) is 0 Å². The van der Waals surface area contributed by atoms with Gasteiger partial charge in [-0.05, 0) is 19.8 Å². The summed E-state index contributed by atoms with van der Waals surface area (Å²) < 4.78 is 3.81. The highest BCUT2D eigenvalue weighted by atomic mass is 79.9. The number of ether oxygens (including phenoxy) is 1. The number of esters is 1. The van der Waals surface area contributed by atoms with E-state index in [9.17, 15) is 9.59 Å². The fourth-order valence-electron chi connectivity index (χ4n) is 1.45. The van der Waals surface area contributed by atoms with E-state index in [-0.39, 0.29) is 5.78 Å². The molecule has 1 aliphatic carbocycles. The minimum absolute atomic E-state index is 0.0443. The second-order valence-corrected chi connectivity index (χ2v) is 4.51. The van der Waals surface area contributed by atoms with E-state index in [1.807, 2.05) is 0 Å². The highest BCUT2D eigenvalue weighted by Crippen LogP contribution is 2.34. The maximum atomic E-state index is 11.5. The smallest absolute Gasteiger partial charge is 0.330 e. The van der Waals surface area contributed by atoms with E-state index in [4.69, 9.17) is 4.74 Å². The minimum Gasteiger partial charge on any atom is -0.465 e. The van der Waals surface area contributed by atoms with E-state index in [0.29, 0.717) is 19.4 Å². The summed E-state index contributed by atoms with van der Waals surface area (Å²) in [4.78, 5) is 22.9. The van der Waals surface area contributed by atoms with Gasteiger partial charge in [0.1, 0.15) is 0 Å². The van der Waals surface area contributed by atoms with E-state index in [2.05, 4.69) is 15.9 Å². The van der Waals surface area contributed by atoms with Crippen molar-refractivity contribution in [3.05, 3.63) is 0 Å². The zero-order valence-corrected chi connectivity index (χ0v) is 9.22. The van der Waals surface area contributed by atoms with Gasteiger partial charge in [-0.3, -0.25) is 9.59 Å². The van der Waals surface area contributed by atoms with Crippen molar-refractivity contribution in [1.29, 1.82) is 0 Å². The van der Waals surface area contributed by atoms with Crippen molar-refractivity contribution in [1.82, 2.24) is 0 Å². The molecular weight excluding hydrogens is 236 g/mol. The van der Waals surface area contributed by atoms with Crippen molar-refractivity contribution < 1.29 is 14.3 Å². The summed E-state index contributed by atoms with van der Waals surface area (Å²) in [5.41, 5.74) is 0. The van der Waals surface area contributed by atoms with Gasteiger partial charge >= 0.3 is 5.97 Å². The van der Waals surface area contributed by atoms with Gasteiger partial charge in [0, 0.05) is 6.42 Å². The summed E-state index contributed by atoms with van der Waals surface area (Å²) in [6, 6.07) is 0. The quantitative estimate of drug-likeness (QED) is 0.426. The van der Waals surface area contributed by atoms with Gasteiger partial charge in [-0.25, -0.2) is 0 Å². The van der Waals surface area contributed by atoms with E-state index in [1.165, 1.54) is 0 Å². The molecule has 0 aromatic rings. The zero-order chi connectivity index (χ0) is 9.90. The Labute approximate surface area is 86.0 Å². The van der Waals surface area contributed by atoms with Crippen molar-refractivity contribution in [2.45, 2.75) is 36.9 Å². The van der Waals surface area contributed by atoms with Crippen LogP contribution in [0, 0.1) is 0 Å². The predicted octanol–water partition coefficient (Wildman–Crippen LogP) is 1.83. The molecular formula is C9H13BrO3. The molecule has 0 N–H and O–H groups in total. The van der Waals surface area contributed by atoms with Crippen LogP contribution in [0.2, 0.25) is 0 Å². The summed E-state index contributed by atoms with van der Waals surface area (Å²) >= 11 is 3.20. The van der Waals surface area contributed by atoms with Crippen LogP contribution in [-0.2, 0) is 14.3 Å². The first-order valence-corrected chi connectivity index (χ1v) is 5.30. The summed E-state index contributed by atoms with van der Waals surface area (Å²) in [5, 5.41) is 0. The summed E-state index contributed by atoms with van der Waals surface area (Å²) in [6.07, 6.45) is 2.82. The first-order chi connectivity index (χ1) is 6.11. The average Bonchev–Trinajstić information content (AvgIpc) is 2.11. The molecule has 74 valence electrons.